The van der Waals surface area contributed by atoms with Crippen LogP contribution in [0.3, 0.4) is 0 Å². The van der Waals surface area contributed by atoms with E-state index >= 15 is 0 Å². The molecule has 0 saturated carbocycles. The molecule has 0 aliphatic carbocycles. The third-order valence-electron chi connectivity index (χ3n) is 1.92. The number of halogens is 1. The van der Waals surface area contributed by atoms with Gasteiger partial charge in [0.1, 0.15) is 12.4 Å². The van der Waals surface area contributed by atoms with Gasteiger partial charge in [-0.2, -0.15) is 0 Å². The number of nitrogens with zero attached hydrogens (tertiary/aromatic N) is 1. The zero-order valence-corrected chi connectivity index (χ0v) is 9.21. The molecule has 1 rings (SSSR count). The molecule has 1 aromatic carbocycles. The van der Waals surface area contributed by atoms with E-state index in [1.165, 1.54) is 6.07 Å². The van der Waals surface area contributed by atoms with Gasteiger partial charge in [-0.3, -0.25) is 10.1 Å². The van der Waals surface area contributed by atoms with E-state index in [0.717, 1.165) is 24.3 Å². The Bertz CT molecular complexity index is 486. The topological polar surface area (TPSA) is 89.7 Å². The average Bonchev–Trinajstić information content (AvgIpc) is 2.34. The number of nitro groups is 1. The lowest BCUT2D eigenvalue weighted by molar-refractivity contribution is -0.385. The van der Waals surface area contributed by atoms with Crippen molar-refractivity contribution in [3.05, 3.63) is 45.8 Å². The molecule has 0 aliphatic heterocycles. The molecule has 0 atom stereocenters. The number of esters is 1. The van der Waals surface area contributed by atoms with Crippen LogP contribution in [0, 0.1) is 15.9 Å². The van der Waals surface area contributed by atoms with E-state index in [1.807, 2.05) is 0 Å². The van der Waals surface area contributed by atoms with Crippen LogP contribution in [0.1, 0.15) is 5.56 Å². The summed E-state index contributed by atoms with van der Waals surface area (Å²) in [5.74, 6) is -1.48. The fourth-order valence-corrected chi connectivity index (χ4v) is 1.17. The van der Waals surface area contributed by atoms with Gasteiger partial charge in [-0.15, -0.1) is 0 Å². The first kappa shape index (κ1) is 13.8. The minimum Gasteiger partial charge on any atom is -0.460 e. The summed E-state index contributed by atoms with van der Waals surface area (Å²) >= 11 is 0. The van der Waals surface area contributed by atoms with Crippen LogP contribution in [0.25, 0.3) is 6.08 Å². The average molecular weight is 255 g/mol. The maximum absolute atomic E-state index is 12.8. The van der Waals surface area contributed by atoms with Crippen molar-refractivity contribution in [1.29, 1.82) is 0 Å². The fraction of sp³-hybridized carbons (Fsp3) is 0.182. The molecule has 96 valence electrons. The Morgan fingerprint density at radius 3 is 2.89 bits per heavy atom. The molecule has 7 heteroatoms. The molecule has 1 aromatic rings. The Balaban J connectivity index is 2.87. The first-order valence-electron chi connectivity index (χ1n) is 4.94. The van der Waals surface area contributed by atoms with Crippen molar-refractivity contribution in [1.82, 2.24) is 0 Å². The lowest BCUT2D eigenvalue weighted by Gasteiger charge is -1.99. The summed E-state index contributed by atoms with van der Waals surface area (Å²) < 4.78 is 17.3. The smallest absolute Gasteiger partial charge is 0.330 e. The van der Waals surface area contributed by atoms with E-state index in [-0.39, 0.29) is 18.8 Å². The highest BCUT2D eigenvalue weighted by molar-refractivity contribution is 5.87. The quantitative estimate of drug-likeness (QED) is 0.370. The summed E-state index contributed by atoms with van der Waals surface area (Å²) in [6.07, 6.45) is 2.12. The number of nitro benzene ring substituents is 1. The van der Waals surface area contributed by atoms with Crippen molar-refractivity contribution in [3.63, 3.8) is 0 Å². The van der Waals surface area contributed by atoms with E-state index in [2.05, 4.69) is 4.74 Å². The first-order valence-corrected chi connectivity index (χ1v) is 4.94. The molecule has 0 radical (unpaired) electrons. The van der Waals surface area contributed by atoms with Crippen molar-refractivity contribution >= 4 is 17.7 Å². The minimum atomic E-state index is -0.748. The number of hydrogen-bond donors (Lipinski definition) is 1. The first-order chi connectivity index (χ1) is 8.54. The number of aliphatic hydroxyl groups excluding tert-OH is 1. The number of rotatable bonds is 5. The number of carbonyl (C=O) groups excluding carboxylic acids is 1. The van der Waals surface area contributed by atoms with Crippen molar-refractivity contribution in [2.24, 2.45) is 0 Å². The second-order valence-corrected chi connectivity index (χ2v) is 3.18. The molecule has 0 unspecified atom stereocenters. The number of ether oxygens (including phenoxy) is 1. The number of carbonyl (C=O) groups is 1. The van der Waals surface area contributed by atoms with E-state index in [0.29, 0.717) is 0 Å². The second-order valence-electron chi connectivity index (χ2n) is 3.18. The van der Waals surface area contributed by atoms with E-state index in [4.69, 9.17) is 5.11 Å². The lowest BCUT2D eigenvalue weighted by atomic mass is 10.1. The maximum Gasteiger partial charge on any atom is 0.330 e. The van der Waals surface area contributed by atoms with Gasteiger partial charge in [0.2, 0.25) is 0 Å². The molecule has 0 aromatic heterocycles. The van der Waals surface area contributed by atoms with Gasteiger partial charge in [0.25, 0.3) is 5.69 Å². The highest BCUT2D eigenvalue weighted by atomic mass is 19.1. The molecule has 0 aliphatic rings. The molecule has 0 amide bonds. The predicted molar refractivity (Wildman–Crippen MR) is 60.1 cm³/mol. The van der Waals surface area contributed by atoms with Gasteiger partial charge in [0.15, 0.2) is 0 Å². The summed E-state index contributed by atoms with van der Waals surface area (Å²) in [7, 11) is 0. The van der Waals surface area contributed by atoms with Crippen molar-refractivity contribution in [3.8, 4) is 0 Å². The minimum absolute atomic E-state index is 0.0855. The Kier molecular flexibility index (Phi) is 4.94. The van der Waals surface area contributed by atoms with Crippen molar-refractivity contribution < 1.29 is 24.0 Å². The second kappa shape index (κ2) is 6.45. The van der Waals surface area contributed by atoms with Gasteiger partial charge in [-0.25, -0.2) is 9.18 Å². The summed E-state index contributed by atoms with van der Waals surface area (Å²) in [6, 6.07) is 2.99. The van der Waals surface area contributed by atoms with Crippen molar-refractivity contribution in [2.75, 3.05) is 13.2 Å². The Morgan fingerprint density at radius 2 is 2.28 bits per heavy atom. The molecule has 0 saturated heterocycles. The molecular formula is C11H10FNO5. The van der Waals surface area contributed by atoms with Crippen LogP contribution in [0.4, 0.5) is 10.1 Å². The van der Waals surface area contributed by atoms with Crippen LogP contribution in [0.5, 0.6) is 0 Å². The third-order valence-corrected chi connectivity index (χ3v) is 1.92. The largest absolute Gasteiger partial charge is 0.460 e. The van der Waals surface area contributed by atoms with Crippen LogP contribution in [0.15, 0.2) is 24.3 Å². The predicted octanol–water partition coefficient (Wildman–Crippen LogP) is 1.28. The summed E-state index contributed by atoms with van der Waals surface area (Å²) in [5, 5.41) is 19.1. The zero-order valence-electron chi connectivity index (χ0n) is 9.21. The SMILES string of the molecule is O=C(C=Cc1ccc(F)cc1[N+](=O)[O-])OCCO. The molecule has 0 spiro atoms. The normalized spacial score (nSPS) is 10.6. The number of hydrogen-bond acceptors (Lipinski definition) is 5. The van der Waals surface area contributed by atoms with Gasteiger partial charge < -0.3 is 9.84 Å². The van der Waals surface area contributed by atoms with Gasteiger partial charge in [0, 0.05) is 6.08 Å². The lowest BCUT2D eigenvalue weighted by Crippen LogP contribution is -2.05. The van der Waals surface area contributed by atoms with E-state index < -0.39 is 22.4 Å². The summed E-state index contributed by atoms with van der Waals surface area (Å²) in [5.41, 5.74) is -0.358. The molecule has 0 heterocycles. The van der Waals surface area contributed by atoms with Crippen LogP contribution >= 0.6 is 0 Å². The number of aliphatic hydroxyl groups is 1. The summed E-state index contributed by atoms with van der Waals surface area (Å²) in [6.45, 7) is -0.467. The number of benzene rings is 1. The van der Waals surface area contributed by atoms with Crippen LogP contribution in [0.2, 0.25) is 0 Å². The molecular weight excluding hydrogens is 245 g/mol. The van der Waals surface area contributed by atoms with Gasteiger partial charge >= 0.3 is 5.97 Å². The van der Waals surface area contributed by atoms with Gasteiger partial charge in [0.05, 0.1) is 23.2 Å². The Labute approximate surface area is 101 Å². The fourth-order valence-electron chi connectivity index (χ4n) is 1.17. The highest BCUT2D eigenvalue weighted by Crippen LogP contribution is 2.20. The molecule has 1 N–H and O–H groups in total. The van der Waals surface area contributed by atoms with Crippen LogP contribution < -0.4 is 0 Å². The molecule has 0 bridgehead atoms. The van der Waals surface area contributed by atoms with Crippen LogP contribution in [-0.4, -0.2) is 29.2 Å². The molecule has 6 nitrogen and oxygen atoms in total. The molecule has 0 fully saturated rings. The van der Waals surface area contributed by atoms with Crippen molar-refractivity contribution in [2.45, 2.75) is 0 Å². The third kappa shape index (κ3) is 3.95. The zero-order chi connectivity index (χ0) is 13.5. The maximum atomic E-state index is 12.8. The molecule has 18 heavy (non-hydrogen) atoms. The van der Waals surface area contributed by atoms with E-state index in [9.17, 15) is 19.3 Å². The monoisotopic (exact) mass is 255 g/mol. The Hall–Kier alpha value is -2.28. The van der Waals surface area contributed by atoms with Gasteiger partial charge in [-0.05, 0) is 18.2 Å². The standard InChI is InChI=1S/C11H10FNO5/c12-9-3-1-8(10(7-9)13(16)17)2-4-11(15)18-6-5-14/h1-4,7,14H,5-6H2. The Morgan fingerprint density at radius 1 is 1.56 bits per heavy atom. The van der Waals surface area contributed by atoms with E-state index in [1.54, 1.807) is 0 Å². The van der Waals surface area contributed by atoms with Crippen LogP contribution in [-0.2, 0) is 9.53 Å². The summed E-state index contributed by atoms with van der Waals surface area (Å²) in [4.78, 5) is 21.0. The highest BCUT2D eigenvalue weighted by Gasteiger charge is 2.12. The van der Waals surface area contributed by atoms with Gasteiger partial charge in [-0.1, -0.05) is 0 Å².